The molecule has 6 nitrogen and oxygen atoms in total. The van der Waals surface area contributed by atoms with Crippen LogP contribution in [0.15, 0.2) is 27.2 Å². The zero-order valence-electron chi connectivity index (χ0n) is 10.3. The van der Waals surface area contributed by atoms with Gasteiger partial charge in [0.1, 0.15) is 0 Å². The van der Waals surface area contributed by atoms with E-state index in [4.69, 9.17) is 4.52 Å². The molecule has 0 unspecified atom stereocenters. The van der Waals surface area contributed by atoms with Gasteiger partial charge in [-0.15, -0.1) is 0 Å². The van der Waals surface area contributed by atoms with Crippen LogP contribution in [0, 0.1) is 10.1 Å². The van der Waals surface area contributed by atoms with Crippen molar-refractivity contribution in [2.75, 3.05) is 0 Å². The van der Waals surface area contributed by atoms with Crippen LogP contribution in [-0.2, 0) is 6.42 Å². The lowest BCUT2D eigenvalue weighted by atomic mass is 9.92. The molecule has 0 saturated carbocycles. The lowest BCUT2D eigenvalue weighted by molar-refractivity contribution is -0.384. The number of ketones is 1. The highest BCUT2D eigenvalue weighted by Crippen LogP contribution is 2.37. The maximum absolute atomic E-state index is 12.0. The first kappa shape index (κ1) is 13.0. The summed E-state index contributed by atoms with van der Waals surface area (Å²) in [4.78, 5) is 22.7. The van der Waals surface area contributed by atoms with Gasteiger partial charge in [0.25, 0.3) is 5.69 Å². The molecule has 0 aliphatic heterocycles. The average molecular weight is 337 g/mol. The van der Waals surface area contributed by atoms with Gasteiger partial charge in [-0.3, -0.25) is 14.9 Å². The molecule has 1 aromatic carbocycles. The molecule has 0 fully saturated rings. The molecule has 0 N–H and O–H groups in total. The fourth-order valence-corrected chi connectivity index (χ4v) is 2.72. The molecule has 1 aromatic heterocycles. The van der Waals surface area contributed by atoms with Crippen LogP contribution in [-0.4, -0.2) is 15.9 Å². The van der Waals surface area contributed by atoms with Crippen molar-refractivity contribution in [2.24, 2.45) is 0 Å². The van der Waals surface area contributed by atoms with Crippen LogP contribution >= 0.6 is 15.9 Å². The number of benzene rings is 1. The number of carbonyl (C=O) groups excluding carboxylic acids is 1. The molecule has 0 atom stereocenters. The smallest absolute Gasteiger partial charge is 0.280 e. The minimum atomic E-state index is -0.496. The first-order valence-electron chi connectivity index (χ1n) is 6.04. The topological polar surface area (TPSA) is 86.2 Å². The number of rotatable bonds is 2. The summed E-state index contributed by atoms with van der Waals surface area (Å²) in [7, 11) is 0. The minimum absolute atomic E-state index is 0.0724. The number of halogens is 1. The van der Waals surface area contributed by atoms with Crippen LogP contribution in [0.25, 0.3) is 11.3 Å². The number of Topliss-reactive ketones (excluding diaryl/α,β-unsaturated/α-hetero) is 1. The predicted octanol–water partition coefficient (Wildman–Crippen LogP) is 3.53. The van der Waals surface area contributed by atoms with Crippen LogP contribution in [0.2, 0.25) is 0 Å². The fourth-order valence-electron chi connectivity index (χ4n) is 2.36. The highest BCUT2D eigenvalue weighted by atomic mass is 79.9. The van der Waals surface area contributed by atoms with E-state index < -0.39 is 4.92 Å². The summed E-state index contributed by atoms with van der Waals surface area (Å²) in [5, 5.41) is 15.0. The van der Waals surface area contributed by atoms with Crippen molar-refractivity contribution >= 4 is 27.4 Å². The summed E-state index contributed by atoms with van der Waals surface area (Å²) >= 11 is 3.27. The molecule has 1 aliphatic rings. The Morgan fingerprint density at radius 2 is 2.15 bits per heavy atom. The van der Waals surface area contributed by atoms with Crippen molar-refractivity contribution in [3.8, 4) is 11.3 Å². The number of fused-ring (bicyclic) bond motifs is 1. The third-order valence-corrected chi connectivity index (χ3v) is 3.75. The summed E-state index contributed by atoms with van der Waals surface area (Å²) in [5.74, 6) is 0.120. The average Bonchev–Trinajstić information content (AvgIpc) is 2.83. The highest BCUT2D eigenvalue weighted by Gasteiger charge is 2.30. The summed E-state index contributed by atoms with van der Waals surface area (Å²) in [5.41, 5.74) is 1.14. The van der Waals surface area contributed by atoms with Crippen LogP contribution in [0.3, 0.4) is 0 Å². The molecule has 0 spiro atoms. The molecule has 0 radical (unpaired) electrons. The molecule has 1 heterocycles. The third kappa shape index (κ3) is 2.03. The van der Waals surface area contributed by atoms with Crippen molar-refractivity contribution in [1.29, 1.82) is 0 Å². The number of aryl methyl sites for hydroxylation is 1. The fraction of sp³-hybridized carbons (Fsp3) is 0.231. The largest absolute Gasteiger partial charge is 0.355 e. The van der Waals surface area contributed by atoms with E-state index >= 15 is 0 Å². The first-order chi connectivity index (χ1) is 9.58. The zero-order chi connectivity index (χ0) is 14.3. The number of nitro groups is 1. The van der Waals surface area contributed by atoms with Gasteiger partial charge in [-0.25, -0.2) is 0 Å². The number of nitrogens with zero attached hydrogens (tertiary/aromatic N) is 2. The van der Waals surface area contributed by atoms with E-state index in [9.17, 15) is 14.9 Å². The van der Waals surface area contributed by atoms with Crippen LogP contribution < -0.4 is 0 Å². The second kappa shape index (κ2) is 4.82. The molecule has 7 heteroatoms. The summed E-state index contributed by atoms with van der Waals surface area (Å²) in [6.45, 7) is 0. The van der Waals surface area contributed by atoms with Gasteiger partial charge in [0.15, 0.2) is 11.5 Å². The lowest BCUT2D eigenvalue weighted by Crippen LogP contribution is -2.10. The Kier molecular flexibility index (Phi) is 3.13. The van der Waals surface area contributed by atoms with Gasteiger partial charge < -0.3 is 4.52 Å². The zero-order valence-corrected chi connectivity index (χ0v) is 11.8. The van der Waals surface area contributed by atoms with Gasteiger partial charge in [0, 0.05) is 17.0 Å². The van der Waals surface area contributed by atoms with Crippen molar-refractivity contribution in [1.82, 2.24) is 5.16 Å². The van der Waals surface area contributed by atoms with Gasteiger partial charge in [-0.05, 0) is 25.0 Å². The van der Waals surface area contributed by atoms with Crippen LogP contribution in [0.1, 0.15) is 28.9 Å². The van der Waals surface area contributed by atoms with Gasteiger partial charge in [-0.2, -0.15) is 0 Å². The molecular formula is C13H9BrN2O4. The molecule has 3 rings (SSSR count). The maximum Gasteiger partial charge on any atom is 0.280 e. The van der Waals surface area contributed by atoms with E-state index in [1.54, 1.807) is 12.1 Å². The molecular weight excluding hydrogens is 328 g/mol. The number of carbonyl (C=O) groups is 1. The minimum Gasteiger partial charge on any atom is -0.355 e. The van der Waals surface area contributed by atoms with E-state index in [0.29, 0.717) is 28.6 Å². The monoisotopic (exact) mass is 336 g/mol. The predicted molar refractivity (Wildman–Crippen MR) is 73.6 cm³/mol. The molecule has 0 bridgehead atoms. The second-order valence-corrected chi connectivity index (χ2v) is 5.44. The molecule has 0 saturated heterocycles. The second-order valence-electron chi connectivity index (χ2n) is 4.53. The molecule has 2 aromatic rings. The summed E-state index contributed by atoms with van der Waals surface area (Å²) in [6.07, 6.45) is 1.81. The highest BCUT2D eigenvalue weighted by molar-refractivity contribution is 9.10. The van der Waals surface area contributed by atoms with Gasteiger partial charge in [-0.1, -0.05) is 21.1 Å². The molecule has 1 aliphatic carbocycles. The standard InChI is InChI=1S/C13H9BrN2O4/c14-7-4-5-10(16(18)19)8(6-7)13-12-9(15-20-13)2-1-3-11(12)17/h4-6H,1-3H2. The van der Waals surface area contributed by atoms with Gasteiger partial charge in [0.05, 0.1) is 21.7 Å². The quantitative estimate of drug-likeness (QED) is 0.618. The van der Waals surface area contributed by atoms with E-state index in [0.717, 1.165) is 6.42 Å². The van der Waals surface area contributed by atoms with Crippen molar-refractivity contribution in [2.45, 2.75) is 19.3 Å². The Balaban J connectivity index is 2.24. The van der Waals surface area contributed by atoms with Crippen molar-refractivity contribution in [3.05, 3.63) is 44.0 Å². The molecule has 20 heavy (non-hydrogen) atoms. The van der Waals surface area contributed by atoms with Gasteiger partial charge >= 0.3 is 0 Å². The van der Waals surface area contributed by atoms with E-state index in [-0.39, 0.29) is 22.8 Å². The Labute approximate surface area is 122 Å². The third-order valence-electron chi connectivity index (χ3n) is 3.26. The van der Waals surface area contributed by atoms with Crippen LogP contribution in [0.5, 0.6) is 0 Å². The normalized spacial score (nSPS) is 14.2. The SMILES string of the molecule is O=C1CCCc2noc(-c3cc(Br)ccc3[N+](=O)[O-])c21. The summed E-state index contributed by atoms with van der Waals surface area (Å²) in [6, 6.07) is 4.52. The Morgan fingerprint density at radius 1 is 1.35 bits per heavy atom. The Hall–Kier alpha value is -2.02. The van der Waals surface area contributed by atoms with Crippen molar-refractivity contribution < 1.29 is 14.2 Å². The number of hydrogen-bond acceptors (Lipinski definition) is 5. The number of aromatic nitrogens is 1. The van der Waals surface area contributed by atoms with E-state index in [1.165, 1.54) is 6.07 Å². The number of hydrogen-bond donors (Lipinski definition) is 0. The number of nitro benzene ring substituents is 1. The maximum atomic E-state index is 12.0. The first-order valence-corrected chi connectivity index (χ1v) is 6.83. The van der Waals surface area contributed by atoms with Crippen molar-refractivity contribution in [3.63, 3.8) is 0 Å². The van der Waals surface area contributed by atoms with E-state index in [1.807, 2.05) is 0 Å². The van der Waals surface area contributed by atoms with Gasteiger partial charge in [0.2, 0.25) is 0 Å². The Bertz CT molecular complexity index is 723. The molecule has 0 amide bonds. The van der Waals surface area contributed by atoms with E-state index in [2.05, 4.69) is 21.1 Å². The lowest BCUT2D eigenvalue weighted by Gasteiger charge is -2.08. The Morgan fingerprint density at radius 3 is 2.90 bits per heavy atom. The summed E-state index contributed by atoms with van der Waals surface area (Å²) < 4.78 is 5.90. The van der Waals surface area contributed by atoms with Crippen LogP contribution in [0.4, 0.5) is 5.69 Å². The molecule has 102 valence electrons.